The summed E-state index contributed by atoms with van der Waals surface area (Å²) in [6, 6.07) is 6.11. The Labute approximate surface area is 155 Å². The molecule has 4 rings (SSSR count). The van der Waals surface area contributed by atoms with E-state index in [1.54, 1.807) is 0 Å². The molecule has 0 radical (unpaired) electrons. The largest absolute Gasteiger partial charge is 0.490 e. The SMILES string of the molecule is CCOc1ccc(C2=NOC3(CCOC3)C2)cc1OCC1CCCCC1. The van der Waals surface area contributed by atoms with E-state index >= 15 is 0 Å². The Bertz CT molecular complexity index is 645. The molecule has 1 saturated heterocycles. The minimum absolute atomic E-state index is 0.253. The maximum atomic E-state index is 6.20. The molecule has 5 nitrogen and oxygen atoms in total. The lowest BCUT2D eigenvalue weighted by molar-refractivity contribution is -0.0237. The molecule has 0 bridgehead atoms. The van der Waals surface area contributed by atoms with Gasteiger partial charge in [0.25, 0.3) is 0 Å². The molecule has 1 unspecified atom stereocenters. The molecule has 1 aromatic carbocycles. The molecule has 1 atom stereocenters. The zero-order valence-electron chi connectivity index (χ0n) is 15.7. The van der Waals surface area contributed by atoms with Crippen LogP contribution >= 0.6 is 0 Å². The topological polar surface area (TPSA) is 49.3 Å². The van der Waals surface area contributed by atoms with Crippen molar-refractivity contribution in [2.75, 3.05) is 26.4 Å². The van der Waals surface area contributed by atoms with E-state index in [9.17, 15) is 0 Å². The summed E-state index contributed by atoms with van der Waals surface area (Å²) in [6.07, 6.45) is 8.25. The second-order valence-corrected chi connectivity index (χ2v) is 7.70. The highest BCUT2D eigenvalue weighted by molar-refractivity contribution is 6.02. The highest BCUT2D eigenvalue weighted by Crippen LogP contribution is 2.36. The van der Waals surface area contributed by atoms with Gasteiger partial charge in [0.05, 0.1) is 32.1 Å². The molecule has 1 aliphatic carbocycles. The number of hydrogen-bond donors (Lipinski definition) is 0. The minimum atomic E-state index is -0.253. The van der Waals surface area contributed by atoms with Gasteiger partial charge in [0.1, 0.15) is 0 Å². The van der Waals surface area contributed by atoms with E-state index in [0.717, 1.165) is 48.8 Å². The first kappa shape index (κ1) is 17.7. The zero-order chi connectivity index (χ0) is 17.8. The van der Waals surface area contributed by atoms with Gasteiger partial charge in [0.2, 0.25) is 0 Å². The van der Waals surface area contributed by atoms with E-state index in [0.29, 0.717) is 19.1 Å². The van der Waals surface area contributed by atoms with Crippen LogP contribution in [-0.4, -0.2) is 37.7 Å². The average Bonchev–Trinajstić information content (AvgIpc) is 3.32. The van der Waals surface area contributed by atoms with E-state index < -0.39 is 0 Å². The smallest absolute Gasteiger partial charge is 0.168 e. The molecule has 2 aliphatic heterocycles. The molecule has 0 amide bonds. The number of rotatable bonds is 6. The molecule has 1 saturated carbocycles. The Hall–Kier alpha value is -1.75. The standard InChI is InChI=1S/C21H29NO4/c1-2-24-19-9-8-17(18-13-21(26-22-18)10-11-23-15-21)12-20(19)25-14-16-6-4-3-5-7-16/h8-9,12,16H,2-7,10-11,13-15H2,1H3. The molecular weight excluding hydrogens is 330 g/mol. The summed E-state index contributed by atoms with van der Waals surface area (Å²) in [7, 11) is 0. The summed E-state index contributed by atoms with van der Waals surface area (Å²) in [5.41, 5.74) is 1.77. The lowest BCUT2D eigenvalue weighted by atomic mass is 9.90. The van der Waals surface area contributed by atoms with Crippen molar-refractivity contribution in [2.24, 2.45) is 11.1 Å². The van der Waals surface area contributed by atoms with E-state index in [4.69, 9.17) is 19.0 Å². The van der Waals surface area contributed by atoms with Crippen LogP contribution in [0.5, 0.6) is 11.5 Å². The van der Waals surface area contributed by atoms with Crippen molar-refractivity contribution in [1.82, 2.24) is 0 Å². The third-order valence-corrected chi connectivity index (χ3v) is 5.68. The van der Waals surface area contributed by atoms with Gasteiger partial charge in [-0.2, -0.15) is 0 Å². The molecule has 3 aliphatic rings. The van der Waals surface area contributed by atoms with Gasteiger partial charge in [0, 0.05) is 18.4 Å². The molecule has 2 heterocycles. The molecule has 5 heteroatoms. The van der Waals surface area contributed by atoms with Gasteiger partial charge < -0.3 is 19.0 Å². The second-order valence-electron chi connectivity index (χ2n) is 7.70. The highest BCUT2D eigenvalue weighted by atomic mass is 16.7. The Balaban J connectivity index is 1.47. The molecule has 142 valence electrons. The molecule has 1 spiro atoms. The van der Waals surface area contributed by atoms with E-state index in [1.165, 1.54) is 32.1 Å². The Morgan fingerprint density at radius 1 is 1.15 bits per heavy atom. The van der Waals surface area contributed by atoms with Crippen LogP contribution in [0.3, 0.4) is 0 Å². The van der Waals surface area contributed by atoms with Crippen molar-refractivity contribution in [1.29, 1.82) is 0 Å². The maximum Gasteiger partial charge on any atom is 0.168 e. The zero-order valence-corrected chi connectivity index (χ0v) is 15.7. The van der Waals surface area contributed by atoms with Gasteiger partial charge in [-0.3, -0.25) is 0 Å². The van der Waals surface area contributed by atoms with Gasteiger partial charge in [0.15, 0.2) is 17.1 Å². The predicted octanol–water partition coefficient (Wildman–Crippen LogP) is 4.33. The summed E-state index contributed by atoms with van der Waals surface area (Å²) >= 11 is 0. The van der Waals surface area contributed by atoms with Crippen molar-refractivity contribution in [3.8, 4) is 11.5 Å². The Kier molecular flexibility index (Phi) is 5.34. The Morgan fingerprint density at radius 2 is 2.04 bits per heavy atom. The van der Waals surface area contributed by atoms with Crippen molar-refractivity contribution >= 4 is 5.71 Å². The molecule has 1 aromatic rings. The van der Waals surface area contributed by atoms with Gasteiger partial charge in [-0.15, -0.1) is 0 Å². The minimum Gasteiger partial charge on any atom is -0.490 e. The van der Waals surface area contributed by atoms with Crippen LogP contribution < -0.4 is 9.47 Å². The second kappa shape index (κ2) is 7.87. The highest BCUT2D eigenvalue weighted by Gasteiger charge is 2.43. The van der Waals surface area contributed by atoms with Crippen LogP contribution in [0.25, 0.3) is 0 Å². The van der Waals surface area contributed by atoms with Crippen LogP contribution in [0.2, 0.25) is 0 Å². The van der Waals surface area contributed by atoms with Crippen LogP contribution in [0.4, 0.5) is 0 Å². The van der Waals surface area contributed by atoms with Crippen molar-refractivity contribution in [3.05, 3.63) is 23.8 Å². The number of oxime groups is 1. The van der Waals surface area contributed by atoms with E-state index in [2.05, 4.69) is 17.3 Å². The third-order valence-electron chi connectivity index (χ3n) is 5.68. The maximum absolute atomic E-state index is 6.20. The molecule has 0 N–H and O–H groups in total. The monoisotopic (exact) mass is 359 g/mol. The number of hydrogen-bond acceptors (Lipinski definition) is 5. The predicted molar refractivity (Wildman–Crippen MR) is 100 cm³/mol. The van der Waals surface area contributed by atoms with Crippen LogP contribution in [-0.2, 0) is 9.57 Å². The van der Waals surface area contributed by atoms with E-state index in [1.807, 2.05) is 13.0 Å². The first-order valence-corrected chi connectivity index (χ1v) is 10.0. The number of nitrogens with zero attached hydrogens (tertiary/aromatic N) is 1. The Morgan fingerprint density at radius 3 is 2.81 bits per heavy atom. The van der Waals surface area contributed by atoms with Gasteiger partial charge >= 0.3 is 0 Å². The van der Waals surface area contributed by atoms with Crippen molar-refractivity contribution < 1.29 is 19.0 Å². The molecule has 0 aromatic heterocycles. The summed E-state index contributed by atoms with van der Waals surface area (Å²) in [5, 5.41) is 4.35. The fourth-order valence-corrected chi connectivity index (χ4v) is 4.11. The number of benzene rings is 1. The fraction of sp³-hybridized carbons (Fsp3) is 0.667. The van der Waals surface area contributed by atoms with Crippen molar-refractivity contribution in [3.63, 3.8) is 0 Å². The summed E-state index contributed by atoms with van der Waals surface area (Å²) in [6.45, 7) is 4.77. The van der Waals surface area contributed by atoms with Gasteiger partial charge in [-0.25, -0.2) is 0 Å². The lowest BCUT2D eigenvalue weighted by Crippen LogP contribution is -2.29. The van der Waals surface area contributed by atoms with Crippen LogP contribution in [0.15, 0.2) is 23.4 Å². The molecular formula is C21H29NO4. The average molecular weight is 359 g/mol. The summed E-state index contributed by atoms with van der Waals surface area (Å²) in [4.78, 5) is 5.73. The summed E-state index contributed by atoms with van der Waals surface area (Å²) in [5.74, 6) is 2.29. The summed E-state index contributed by atoms with van der Waals surface area (Å²) < 4.78 is 17.5. The van der Waals surface area contributed by atoms with E-state index in [-0.39, 0.29) is 5.60 Å². The lowest BCUT2D eigenvalue weighted by Gasteiger charge is -2.22. The number of ether oxygens (including phenoxy) is 3. The first-order chi connectivity index (χ1) is 12.8. The molecule has 2 fully saturated rings. The van der Waals surface area contributed by atoms with Gasteiger partial charge in [-0.1, -0.05) is 24.4 Å². The fourth-order valence-electron chi connectivity index (χ4n) is 4.11. The quantitative estimate of drug-likeness (QED) is 0.759. The van der Waals surface area contributed by atoms with Crippen LogP contribution in [0.1, 0.15) is 57.4 Å². The van der Waals surface area contributed by atoms with Crippen molar-refractivity contribution in [2.45, 2.75) is 57.5 Å². The first-order valence-electron chi connectivity index (χ1n) is 10.0. The normalized spacial score (nSPS) is 26.0. The van der Waals surface area contributed by atoms with Gasteiger partial charge in [-0.05, 0) is 43.9 Å². The molecule has 26 heavy (non-hydrogen) atoms. The third kappa shape index (κ3) is 3.83. The van der Waals surface area contributed by atoms with Crippen LogP contribution in [0, 0.1) is 5.92 Å².